The standard InChI is InChI=1S/C16H17ClFN3O2S/c1-11-15(16(17)20(2)19-11)24(22,23)21-9-7-13(8-10-21)12-3-5-14(18)6-4-12/h3-7H,8-10H2,1-2H3. The van der Waals surface area contributed by atoms with E-state index in [1.165, 1.54) is 21.1 Å². The van der Waals surface area contributed by atoms with E-state index in [4.69, 9.17) is 11.6 Å². The van der Waals surface area contributed by atoms with Crippen molar-refractivity contribution >= 4 is 27.2 Å². The van der Waals surface area contributed by atoms with Crippen molar-refractivity contribution in [1.82, 2.24) is 14.1 Å². The zero-order chi connectivity index (χ0) is 17.5. The zero-order valence-corrected chi connectivity index (χ0v) is 14.9. The van der Waals surface area contributed by atoms with Gasteiger partial charge in [0.25, 0.3) is 0 Å². The lowest BCUT2D eigenvalue weighted by molar-refractivity contribution is 0.441. The largest absolute Gasteiger partial charge is 0.255 e. The highest BCUT2D eigenvalue weighted by atomic mass is 35.5. The highest BCUT2D eigenvalue weighted by Crippen LogP contribution is 2.30. The molecule has 3 rings (SSSR count). The lowest BCUT2D eigenvalue weighted by Gasteiger charge is -2.26. The van der Waals surface area contributed by atoms with Crippen LogP contribution in [0.5, 0.6) is 0 Å². The molecule has 0 N–H and O–H groups in total. The van der Waals surface area contributed by atoms with Crippen molar-refractivity contribution < 1.29 is 12.8 Å². The number of aromatic nitrogens is 2. The summed E-state index contributed by atoms with van der Waals surface area (Å²) in [6, 6.07) is 6.21. The Bertz CT molecular complexity index is 904. The van der Waals surface area contributed by atoms with Gasteiger partial charge in [0, 0.05) is 20.1 Å². The molecular formula is C16H17ClFN3O2S. The molecule has 0 aliphatic carbocycles. The maximum atomic E-state index is 13.0. The molecule has 24 heavy (non-hydrogen) atoms. The van der Waals surface area contributed by atoms with E-state index in [0.717, 1.165) is 11.1 Å². The smallest absolute Gasteiger partial charge is 0.248 e. The molecule has 1 aromatic carbocycles. The molecule has 2 heterocycles. The van der Waals surface area contributed by atoms with Crippen LogP contribution in [0.4, 0.5) is 4.39 Å². The van der Waals surface area contributed by atoms with Gasteiger partial charge in [-0.3, -0.25) is 4.68 Å². The minimum Gasteiger partial charge on any atom is -0.255 e. The minimum atomic E-state index is -3.70. The molecule has 2 aromatic rings. The molecule has 0 atom stereocenters. The summed E-state index contributed by atoms with van der Waals surface area (Å²) in [5, 5.41) is 4.18. The topological polar surface area (TPSA) is 55.2 Å². The monoisotopic (exact) mass is 369 g/mol. The molecule has 0 bridgehead atoms. The van der Waals surface area contributed by atoms with E-state index in [-0.39, 0.29) is 22.4 Å². The van der Waals surface area contributed by atoms with Gasteiger partial charge in [-0.25, -0.2) is 12.8 Å². The Hall–Kier alpha value is -1.70. The van der Waals surface area contributed by atoms with Crippen molar-refractivity contribution in [3.05, 3.63) is 52.6 Å². The Morgan fingerprint density at radius 3 is 2.42 bits per heavy atom. The number of hydrogen-bond donors (Lipinski definition) is 0. The van der Waals surface area contributed by atoms with Gasteiger partial charge in [0.15, 0.2) is 0 Å². The van der Waals surface area contributed by atoms with Crippen LogP contribution in [0, 0.1) is 12.7 Å². The van der Waals surface area contributed by atoms with Gasteiger partial charge in [-0.2, -0.15) is 9.40 Å². The van der Waals surface area contributed by atoms with Crippen LogP contribution in [0.1, 0.15) is 17.7 Å². The quantitative estimate of drug-likeness (QED) is 0.835. The number of nitrogens with zero attached hydrogens (tertiary/aromatic N) is 3. The third-order valence-corrected chi connectivity index (χ3v) is 6.65. The van der Waals surface area contributed by atoms with Crippen molar-refractivity contribution in [2.75, 3.05) is 13.1 Å². The van der Waals surface area contributed by atoms with Crippen LogP contribution in [0.15, 0.2) is 35.2 Å². The molecule has 128 valence electrons. The second-order valence-electron chi connectivity index (χ2n) is 5.68. The van der Waals surface area contributed by atoms with E-state index in [1.54, 1.807) is 26.1 Å². The molecule has 1 aliphatic heterocycles. The molecule has 0 amide bonds. The van der Waals surface area contributed by atoms with Gasteiger partial charge in [-0.05, 0) is 36.6 Å². The summed E-state index contributed by atoms with van der Waals surface area (Å²) in [5.74, 6) is -0.291. The third-order valence-electron chi connectivity index (χ3n) is 4.08. The van der Waals surface area contributed by atoms with Crippen molar-refractivity contribution in [3.63, 3.8) is 0 Å². The second kappa shape index (κ2) is 6.31. The normalized spacial score (nSPS) is 16.2. The van der Waals surface area contributed by atoms with Gasteiger partial charge in [0.2, 0.25) is 10.0 Å². The molecule has 0 radical (unpaired) electrons. The minimum absolute atomic E-state index is 0.0605. The molecule has 1 aromatic heterocycles. The molecule has 0 fully saturated rings. The molecule has 0 spiro atoms. The Labute approximate surface area is 145 Å². The maximum Gasteiger partial charge on any atom is 0.248 e. The van der Waals surface area contributed by atoms with Gasteiger partial charge in [-0.15, -0.1) is 0 Å². The number of halogens is 2. The number of rotatable bonds is 3. The van der Waals surface area contributed by atoms with Gasteiger partial charge in [0.1, 0.15) is 15.9 Å². The summed E-state index contributed by atoms with van der Waals surface area (Å²) in [4.78, 5) is 0.0605. The summed E-state index contributed by atoms with van der Waals surface area (Å²) in [7, 11) is -2.09. The average Bonchev–Trinajstić information content (AvgIpc) is 2.81. The summed E-state index contributed by atoms with van der Waals surface area (Å²) in [6.45, 7) is 2.22. The molecule has 0 saturated heterocycles. The van der Waals surface area contributed by atoms with Gasteiger partial charge < -0.3 is 0 Å². The van der Waals surface area contributed by atoms with Gasteiger partial charge in [-0.1, -0.05) is 29.8 Å². The summed E-state index contributed by atoms with van der Waals surface area (Å²) in [5.41, 5.74) is 2.30. The van der Waals surface area contributed by atoms with Crippen molar-refractivity contribution in [3.8, 4) is 0 Å². The van der Waals surface area contributed by atoms with E-state index >= 15 is 0 Å². The Balaban J connectivity index is 1.86. The lowest BCUT2D eigenvalue weighted by atomic mass is 10.0. The zero-order valence-electron chi connectivity index (χ0n) is 13.3. The average molecular weight is 370 g/mol. The maximum absolute atomic E-state index is 13.0. The van der Waals surface area contributed by atoms with E-state index in [0.29, 0.717) is 18.7 Å². The first kappa shape index (κ1) is 17.1. The van der Waals surface area contributed by atoms with Crippen molar-refractivity contribution in [2.45, 2.75) is 18.2 Å². The molecular weight excluding hydrogens is 353 g/mol. The van der Waals surface area contributed by atoms with E-state index < -0.39 is 10.0 Å². The van der Waals surface area contributed by atoms with Crippen LogP contribution in [0.2, 0.25) is 5.15 Å². The summed E-state index contributed by atoms with van der Waals surface area (Å²) in [6.07, 6.45) is 2.41. The second-order valence-corrected chi connectivity index (χ2v) is 7.91. The Kier molecular flexibility index (Phi) is 4.50. The van der Waals surface area contributed by atoms with Crippen LogP contribution in [0.3, 0.4) is 0 Å². The summed E-state index contributed by atoms with van der Waals surface area (Å²) < 4.78 is 41.4. The van der Waals surface area contributed by atoms with Gasteiger partial charge in [0.05, 0.1) is 5.69 Å². The van der Waals surface area contributed by atoms with E-state index in [2.05, 4.69) is 5.10 Å². The van der Waals surface area contributed by atoms with Crippen molar-refractivity contribution in [2.24, 2.45) is 7.05 Å². The van der Waals surface area contributed by atoms with Crippen molar-refractivity contribution in [1.29, 1.82) is 0 Å². The number of hydrogen-bond acceptors (Lipinski definition) is 3. The van der Waals surface area contributed by atoms with Gasteiger partial charge >= 0.3 is 0 Å². The molecule has 0 saturated carbocycles. The predicted molar refractivity (Wildman–Crippen MR) is 90.7 cm³/mol. The molecule has 0 unspecified atom stereocenters. The lowest BCUT2D eigenvalue weighted by Crippen LogP contribution is -2.35. The van der Waals surface area contributed by atoms with Crippen LogP contribution >= 0.6 is 11.6 Å². The molecule has 5 nitrogen and oxygen atoms in total. The first-order chi connectivity index (χ1) is 11.3. The Morgan fingerprint density at radius 2 is 1.92 bits per heavy atom. The van der Waals surface area contributed by atoms with Crippen LogP contribution in [-0.2, 0) is 17.1 Å². The fourth-order valence-corrected chi connectivity index (χ4v) is 4.91. The molecule has 8 heteroatoms. The fourth-order valence-electron chi connectivity index (χ4n) is 2.83. The first-order valence-electron chi connectivity index (χ1n) is 7.45. The third kappa shape index (κ3) is 2.99. The predicted octanol–water partition coefficient (Wildman–Crippen LogP) is 3.00. The SMILES string of the molecule is Cc1nn(C)c(Cl)c1S(=O)(=O)N1CC=C(c2ccc(F)cc2)CC1. The van der Waals surface area contributed by atoms with E-state index in [1.807, 2.05) is 6.08 Å². The first-order valence-corrected chi connectivity index (χ1v) is 9.26. The van der Waals surface area contributed by atoms with E-state index in [9.17, 15) is 12.8 Å². The van der Waals surface area contributed by atoms with Crippen LogP contribution in [-0.4, -0.2) is 35.6 Å². The highest BCUT2D eigenvalue weighted by Gasteiger charge is 2.32. The Morgan fingerprint density at radius 1 is 1.25 bits per heavy atom. The number of sulfonamides is 1. The van der Waals surface area contributed by atoms with Crippen LogP contribution < -0.4 is 0 Å². The number of benzene rings is 1. The van der Waals surface area contributed by atoms with Crippen LogP contribution in [0.25, 0.3) is 5.57 Å². The summed E-state index contributed by atoms with van der Waals surface area (Å²) >= 11 is 6.10. The fraction of sp³-hybridized carbons (Fsp3) is 0.312. The molecule has 1 aliphatic rings. The highest BCUT2D eigenvalue weighted by molar-refractivity contribution is 7.89. The number of aryl methyl sites for hydroxylation is 2.